The number of nitrogens with one attached hydrogen (secondary N) is 1. The number of likely N-dealkylation sites (tertiary alicyclic amines) is 1. The van der Waals surface area contributed by atoms with E-state index in [1.54, 1.807) is 0 Å². The van der Waals surface area contributed by atoms with Crippen molar-refractivity contribution in [2.45, 2.75) is 84.2 Å². The Balaban J connectivity index is 1.92. The molecule has 1 saturated heterocycles. The summed E-state index contributed by atoms with van der Waals surface area (Å²) in [4.78, 5) is 15.1. The lowest BCUT2D eigenvalue weighted by Gasteiger charge is -2.37. The smallest absolute Gasteiger partial charge is 0.239 e. The molecule has 140 valence electrons. The van der Waals surface area contributed by atoms with Crippen LogP contribution >= 0.6 is 0 Å². The van der Waals surface area contributed by atoms with E-state index in [1.807, 2.05) is 4.90 Å². The van der Waals surface area contributed by atoms with Crippen LogP contribution in [0.2, 0.25) is 0 Å². The van der Waals surface area contributed by atoms with Gasteiger partial charge in [-0.2, -0.15) is 0 Å². The van der Waals surface area contributed by atoms with Gasteiger partial charge in [0.25, 0.3) is 0 Å². The molecule has 2 atom stereocenters. The fourth-order valence-corrected chi connectivity index (χ4v) is 4.36. The minimum absolute atomic E-state index is 0.0485. The van der Waals surface area contributed by atoms with E-state index in [4.69, 9.17) is 0 Å². The highest BCUT2D eigenvalue weighted by Crippen LogP contribution is 2.27. The minimum Gasteiger partial charge on any atom is -0.396 e. The lowest BCUT2D eigenvalue weighted by molar-refractivity contribution is -0.135. The van der Waals surface area contributed by atoms with Crippen LogP contribution in [0.5, 0.6) is 0 Å². The van der Waals surface area contributed by atoms with Gasteiger partial charge in [0.15, 0.2) is 0 Å². The van der Waals surface area contributed by atoms with Crippen molar-refractivity contribution in [3.63, 3.8) is 0 Å². The molecule has 2 unspecified atom stereocenters. The maximum atomic E-state index is 13.0. The lowest BCUT2D eigenvalue weighted by atomic mass is 9.84. The van der Waals surface area contributed by atoms with E-state index in [2.05, 4.69) is 26.1 Å². The van der Waals surface area contributed by atoms with Gasteiger partial charge in [0.05, 0.1) is 6.04 Å². The first-order valence-electron chi connectivity index (χ1n) is 10.2. The first-order valence-corrected chi connectivity index (χ1v) is 10.2. The van der Waals surface area contributed by atoms with Gasteiger partial charge >= 0.3 is 0 Å². The molecule has 0 bridgehead atoms. The molecule has 1 aliphatic carbocycles. The van der Waals surface area contributed by atoms with Crippen molar-refractivity contribution in [1.29, 1.82) is 0 Å². The van der Waals surface area contributed by atoms with Crippen molar-refractivity contribution < 1.29 is 9.90 Å². The molecule has 1 heterocycles. The summed E-state index contributed by atoms with van der Waals surface area (Å²) in [6, 6.07) is 0.376. The summed E-state index contributed by atoms with van der Waals surface area (Å²) in [5, 5.41) is 13.0. The van der Waals surface area contributed by atoms with Crippen LogP contribution in [0.15, 0.2) is 0 Å². The molecule has 2 N–H and O–H groups in total. The van der Waals surface area contributed by atoms with Gasteiger partial charge in [0.2, 0.25) is 5.91 Å². The predicted molar refractivity (Wildman–Crippen MR) is 98.8 cm³/mol. The second-order valence-corrected chi connectivity index (χ2v) is 8.49. The molecule has 0 aromatic carbocycles. The van der Waals surface area contributed by atoms with Crippen LogP contribution in [0.25, 0.3) is 0 Å². The van der Waals surface area contributed by atoms with Crippen LogP contribution in [0, 0.1) is 17.8 Å². The molecule has 4 nitrogen and oxygen atoms in total. The molecule has 1 saturated carbocycles. The zero-order chi connectivity index (χ0) is 17.5. The Morgan fingerprint density at radius 3 is 2.25 bits per heavy atom. The lowest BCUT2D eigenvalue weighted by Crippen LogP contribution is -2.53. The molecule has 0 aromatic rings. The molecule has 2 fully saturated rings. The van der Waals surface area contributed by atoms with Crippen molar-refractivity contribution in [1.82, 2.24) is 10.2 Å². The highest BCUT2D eigenvalue weighted by molar-refractivity contribution is 5.82. The third-order valence-electron chi connectivity index (χ3n) is 6.01. The van der Waals surface area contributed by atoms with E-state index in [0.29, 0.717) is 17.9 Å². The third-order valence-corrected chi connectivity index (χ3v) is 6.01. The van der Waals surface area contributed by atoms with Crippen molar-refractivity contribution in [3.05, 3.63) is 0 Å². The van der Waals surface area contributed by atoms with Gasteiger partial charge in [0, 0.05) is 25.7 Å². The SMILES string of the molecule is CC(C)CC(NC(C)C1CCCCC1)C(=O)N1CCC(CO)CC1. The molecule has 2 rings (SSSR count). The Kier molecular flexibility index (Phi) is 8.02. The van der Waals surface area contributed by atoms with Crippen LogP contribution in [0.3, 0.4) is 0 Å². The molecule has 4 heteroatoms. The maximum absolute atomic E-state index is 13.0. The number of aliphatic hydroxyl groups is 1. The highest BCUT2D eigenvalue weighted by atomic mass is 16.3. The number of amides is 1. The normalized spacial score (nSPS) is 23.5. The average molecular weight is 339 g/mol. The Morgan fingerprint density at radius 1 is 1.08 bits per heavy atom. The molecule has 1 amide bonds. The van der Waals surface area contributed by atoms with Crippen LogP contribution in [-0.4, -0.2) is 47.7 Å². The molecule has 0 radical (unpaired) electrons. The second kappa shape index (κ2) is 9.76. The summed E-state index contributed by atoms with van der Waals surface area (Å²) in [6.45, 7) is 8.54. The van der Waals surface area contributed by atoms with Gasteiger partial charge in [-0.15, -0.1) is 0 Å². The van der Waals surface area contributed by atoms with Gasteiger partial charge in [-0.3, -0.25) is 4.79 Å². The molecule has 0 spiro atoms. The van der Waals surface area contributed by atoms with Gasteiger partial charge < -0.3 is 15.3 Å². The first kappa shape index (κ1) is 19.7. The van der Waals surface area contributed by atoms with Gasteiger partial charge in [-0.05, 0) is 56.8 Å². The van der Waals surface area contributed by atoms with Crippen LogP contribution in [0.4, 0.5) is 0 Å². The standard InChI is InChI=1S/C20H38N2O2/c1-15(2)13-19(21-16(3)18-7-5-4-6-8-18)20(24)22-11-9-17(14-23)10-12-22/h15-19,21,23H,4-14H2,1-3H3. The largest absolute Gasteiger partial charge is 0.396 e. The highest BCUT2D eigenvalue weighted by Gasteiger charge is 2.31. The van der Waals surface area contributed by atoms with E-state index < -0.39 is 0 Å². The number of carbonyl (C=O) groups is 1. The quantitative estimate of drug-likeness (QED) is 0.749. The number of hydrogen-bond acceptors (Lipinski definition) is 3. The van der Waals surface area contributed by atoms with Crippen molar-refractivity contribution in [2.75, 3.05) is 19.7 Å². The van der Waals surface area contributed by atoms with E-state index >= 15 is 0 Å². The number of aliphatic hydroxyl groups excluding tert-OH is 1. The summed E-state index contributed by atoms with van der Waals surface area (Å²) >= 11 is 0. The molecule has 0 aromatic heterocycles. The Labute approximate surface area is 148 Å². The van der Waals surface area contributed by atoms with E-state index in [9.17, 15) is 9.90 Å². The topological polar surface area (TPSA) is 52.6 Å². The van der Waals surface area contributed by atoms with Crippen molar-refractivity contribution >= 4 is 5.91 Å². The molecule has 24 heavy (non-hydrogen) atoms. The monoisotopic (exact) mass is 338 g/mol. The van der Waals surface area contributed by atoms with Crippen LogP contribution < -0.4 is 5.32 Å². The number of hydrogen-bond donors (Lipinski definition) is 2. The molecular weight excluding hydrogens is 300 g/mol. The molecular formula is C20H38N2O2. The maximum Gasteiger partial charge on any atom is 0.239 e. The summed E-state index contributed by atoms with van der Waals surface area (Å²) in [5.41, 5.74) is 0. The summed E-state index contributed by atoms with van der Waals surface area (Å²) < 4.78 is 0. The Bertz CT molecular complexity index is 372. The summed E-state index contributed by atoms with van der Waals surface area (Å²) in [5.74, 6) is 1.90. The predicted octanol–water partition coefficient (Wildman–Crippen LogP) is 3.19. The van der Waals surface area contributed by atoms with Crippen LogP contribution in [0.1, 0.15) is 72.1 Å². The molecule has 1 aliphatic heterocycles. The van der Waals surface area contributed by atoms with E-state index in [0.717, 1.165) is 38.3 Å². The first-order chi connectivity index (χ1) is 11.5. The van der Waals surface area contributed by atoms with Gasteiger partial charge in [0.1, 0.15) is 0 Å². The zero-order valence-corrected chi connectivity index (χ0v) is 16.0. The fourth-order valence-electron chi connectivity index (χ4n) is 4.36. The third kappa shape index (κ3) is 5.73. The van der Waals surface area contributed by atoms with Crippen molar-refractivity contribution in [3.8, 4) is 0 Å². The zero-order valence-electron chi connectivity index (χ0n) is 16.0. The fraction of sp³-hybridized carbons (Fsp3) is 0.950. The number of carbonyl (C=O) groups excluding carboxylic acids is 1. The summed E-state index contributed by atoms with van der Waals surface area (Å²) in [7, 11) is 0. The summed E-state index contributed by atoms with van der Waals surface area (Å²) in [6.07, 6.45) is 9.45. The van der Waals surface area contributed by atoms with E-state index in [-0.39, 0.29) is 18.6 Å². The number of piperidine rings is 1. The number of nitrogens with zero attached hydrogens (tertiary/aromatic N) is 1. The Hall–Kier alpha value is -0.610. The van der Waals surface area contributed by atoms with Crippen LogP contribution in [-0.2, 0) is 4.79 Å². The number of rotatable bonds is 7. The van der Waals surface area contributed by atoms with Gasteiger partial charge in [-0.1, -0.05) is 33.1 Å². The molecule has 2 aliphatic rings. The second-order valence-electron chi connectivity index (χ2n) is 8.49. The van der Waals surface area contributed by atoms with Gasteiger partial charge in [-0.25, -0.2) is 0 Å². The van der Waals surface area contributed by atoms with Crippen molar-refractivity contribution in [2.24, 2.45) is 17.8 Å². The van der Waals surface area contributed by atoms with E-state index in [1.165, 1.54) is 32.1 Å². The minimum atomic E-state index is -0.0485. The Morgan fingerprint density at radius 2 is 1.71 bits per heavy atom. The average Bonchev–Trinajstić information content (AvgIpc) is 2.61.